The van der Waals surface area contributed by atoms with Gasteiger partial charge in [-0.15, -0.1) is 0 Å². The Morgan fingerprint density at radius 1 is 1.40 bits per heavy atom. The van der Waals surface area contributed by atoms with Crippen LogP contribution in [0.3, 0.4) is 0 Å². The molecule has 1 atom stereocenters. The van der Waals surface area contributed by atoms with Crippen molar-refractivity contribution in [1.82, 2.24) is 4.90 Å². The summed E-state index contributed by atoms with van der Waals surface area (Å²) in [5, 5.41) is 10.8. The molecule has 0 aliphatic carbocycles. The van der Waals surface area contributed by atoms with Gasteiger partial charge < -0.3 is 0 Å². The molecule has 112 valence electrons. The van der Waals surface area contributed by atoms with Crippen molar-refractivity contribution in [2.45, 2.75) is 52.6 Å². The fraction of sp³-hybridized carbons (Fsp3) is 0.600. The number of hydrogen-bond acceptors (Lipinski definition) is 3. The smallest absolute Gasteiger partial charge is 0.296 e. The predicted octanol–water partition coefficient (Wildman–Crippen LogP) is 4.13. The molecule has 0 N–H and O–H groups in total. The largest absolute Gasteiger partial charge is 0.305 e. The van der Waals surface area contributed by atoms with Gasteiger partial charge >= 0.3 is 5.69 Å². The summed E-state index contributed by atoms with van der Waals surface area (Å²) in [6.45, 7) is 7.61. The van der Waals surface area contributed by atoms with Crippen LogP contribution in [-0.2, 0) is 6.54 Å². The Morgan fingerprint density at radius 2 is 2.10 bits per heavy atom. The standard InChI is InChI=1S/C15H23FN2O2/c1-4-6-10-17(12(3)5-2)11-13-8-7-9-14(15(13)16)18(19)20/h7-9,12H,4-6,10-11H2,1-3H3. The van der Waals surface area contributed by atoms with Crippen LogP contribution in [0.15, 0.2) is 18.2 Å². The minimum atomic E-state index is -0.706. The summed E-state index contributed by atoms with van der Waals surface area (Å²) in [7, 11) is 0. The van der Waals surface area contributed by atoms with Crippen LogP contribution in [-0.4, -0.2) is 22.4 Å². The topological polar surface area (TPSA) is 46.4 Å². The summed E-state index contributed by atoms with van der Waals surface area (Å²) >= 11 is 0. The van der Waals surface area contributed by atoms with Gasteiger partial charge in [0.1, 0.15) is 0 Å². The van der Waals surface area contributed by atoms with Crippen LogP contribution < -0.4 is 0 Å². The first-order valence-corrected chi connectivity index (χ1v) is 7.17. The molecule has 5 heteroatoms. The van der Waals surface area contributed by atoms with Crippen molar-refractivity contribution in [1.29, 1.82) is 0 Å². The second-order valence-electron chi connectivity index (χ2n) is 5.09. The lowest BCUT2D eigenvalue weighted by atomic mass is 10.1. The number of benzene rings is 1. The van der Waals surface area contributed by atoms with Crippen LogP contribution in [0.4, 0.5) is 10.1 Å². The Bertz CT molecular complexity index is 451. The number of nitro benzene ring substituents is 1. The maximum Gasteiger partial charge on any atom is 0.305 e. The first kappa shape index (κ1) is 16.6. The molecule has 0 spiro atoms. The minimum absolute atomic E-state index is 0.334. The van der Waals surface area contributed by atoms with E-state index in [1.54, 1.807) is 12.1 Å². The van der Waals surface area contributed by atoms with Crippen molar-refractivity contribution in [2.24, 2.45) is 0 Å². The fourth-order valence-corrected chi connectivity index (χ4v) is 2.12. The first-order chi connectivity index (χ1) is 9.51. The van der Waals surface area contributed by atoms with Crippen molar-refractivity contribution in [3.05, 3.63) is 39.7 Å². The Hall–Kier alpha value is -1.49. The maximum atomic E-state index is 14.1. The molecule has 4 nitrogen and oxygen atoms in total. The monoisotopic (exact) mass is 282 g/mol. The lowest BCUT2D eigenvalue weighted by Gasteiger charge is -2.28. The van der Waals surface area contributed by atoms with Crippen molar-refractivity contribution in [3.8, 4) is 0 Å². The normalized spacial score (nSPS) is 12.7. The highest BCUT2D eigenvalue weighted by Gasteiger charge is 2.20. The van der Waals surface area contributed by atoms with Crippen molar-refractivity contribution < 1.29 is 9.31 Å². The van der Waals surface area contributed by atoms with Crippen molar-refractivity contribution in [2.75, 3.05) is 6.54 Å². The molecule has 20 heavy (non-hydrogen) atoms. The van der Waals surface area contributed by atoms with E-state index in [9.17, 15) is 14.5 Å². The van der Waals surface area contributed by atoms with Crippen LogP contribution in [0, 0.1) is 15.9 Å². The van der Waals surface area contributed by atoms with Gasteiger partial charge in [-0.3, -0.25) is 15.0 Å². The van der Waals surface area contributed by atoms with Crippen LogP contribution in [0.2, 0.25) is 0 Å². The third kappa shape index (κ3) is 4.27. The average Bonchev–Trinajstić information content (AvgIpc) is 2.43. The molecule has 0 fully saturated rings. The molecule has 0 aliphatic rings. The van der Waals surface area contributed by atoms with E-state index in [-0.39, 0.29) is 0 Å². The van der Waals surface area contributed by atoms with E-state index in [4.69, 9.17) is 0 Å². The van der Waals surface area contributed by atoms with Crippen LogP contribution in [0.1, 0.15) is 45.6 Å². The number of unbranched alkanes of at least 4 members (excludes halogenated alkanes) is 1. The third-order valence-electron chi connectivity index (χ3n) is 3.64. The lowest BCUT2D eigenvalue weighted by Crippen LogP contribution is -2.33. The van der Waals surface area contributed by atoms with Gasteiger partial charge in [0.25, 0.3) is 0 Å². The van der Waals surface area contributed by atoms with Gasteiger partial charge in [-0.25, -0.2) is 0 Å². The quantitative estimate of drug-likeness (QED) is 0.532. The number of hydrogen-bond donors (Lipinski definition) is 0. The van der Waals surface area contributed by atoms with Gasteiger partial charge in [-0.05, 0) is 26.3 Å². The molecule has 0 heterocycles. The van der Waals surface area contributed by atoms with E-state index in [0.29, 0.717) is 18.2 Å². The summed E-state index contributed by atoms with van der Waals surface area (Å²) < 4.78 is 14.1. The van der Waals surface area contributed by atoms with Gasteiger partial charge in [0, 0.05) is 24.2 Å². The molecule has 0 aromatic heterocycles. The summed E-state index contributed by atoms with van der Waals surface area (Å²) in [6, 6.07) is 4.72. The Morgan fingerprint density at radius 3 is 2.65 bits per heavy atom. The van der Waals surface area contributed by atoms with E-state index < -0.39 is 16.4 Å². The Balaban J connectivity index is 2.93. The molecule has 0 amide bonds. The molecule has 0 bridgehead atoms. The van der Waals surface area contributed by atoms with Crippen LogP contribution in [0.25, 0.3) is 0 Å². The molecule has 0 saturated carbocycles. The number of nitro groups is 1. The van der Waals surface area contributed by atoms with E-state index in [0.717, 1.165) is 25.8 Å². The molecule has 1 aromatic carbocycles. The van der Waals surface area contributed by atoms with Gasteiger partial charge in [-0.2, -0.15) is 4.39 Å². The van der Waals surface area contributed by atoms with Crippen LogP contribution in [0.5, 0.6) is 0 Å². The van der Waals surface area contributed by atoms with E-state index in [1.807, 2.05) is 0 Å². The summed E-state index contributed by atoms with van der Waals surface area (Å²) in [4.78, 5) is 12.3. The van der Waals surface area contributed by atoms with Gasteiger partial charge in [-0.1, -0.05) is 32.4 Å². The summed E-state index contributed by atoms with van der Waals surface area (Å²) in [5.41, 5.74) is -0.0438. The highest BCUT2D eigenvalue weighted by molar-refractivity contribution is 5.36. The molecule has 1 unspecified atom stereocenters. The SMILES string of the molecule is CCCCN(Cc1cccc([N+](=O)[O-])c1F)C(C)CC. The number of nitrogens with zero attached hydrogens (tertiary/aromatic N) is 2. The second kappa shape index (κ2) is 7.94. The Labute approximate surface area is 119 Å². The zero-order valence-electron chi connectivity index (χ0n) is 12.4. The number of rotatable bonds is 8. The zero-order chi connectivity index (χ0) is 15.1. The zero-order valence-corrected chi connectivity index (χ0v) is 12.4. The molecule has 0 saturated heterocycles. The van der Waals surface area contributed by atoms with Crippen molar-refractivity contribution >= 4 is 5.69 Å². The van der Waals surface area contributed by atoms with Crippen LogP contribution >= 0.6 is 0 Å². The van der Waals surface area contributed by atoms with E-state index >= 15 is 0 Å². The number of halogens is 1. The van der Waals surface area contributed by atoms with Gasteiger partial charge in [0.15, 0.2) is 0 Å². The molecule has 1 aromatic rings. The lowest BCUT2D eigenvalue weighted by molar-refractivity contribution is -0.387. The third-order valence-corrected chi connectivity index (χ3v) is 3.64. The molecule has 0 aliphatic heterocycles. The maximum absolute atomic E-state index is 14.1. The fourth-order valence-electron chi connectivity index (χ4n) is 2.12. The molecular weight excluding hydrogens is 259 g/mol. The highest BCUT2D eigenvalue weighted by Crippen LogP contribution is 2.22. The van der Waals surface area contributed by atoms with Crippen molar-refractivity contribution in [3.63, 3.8) is 0 Å². The van der Waals surface area contributed by atoms with Gasteiger partial charge in [0.2, 0.25) is 5.82 Å². The average molecular weight is 282 g/mol. The second-order valence-corrected chi connectivity index (χ2v) is 5.09. The Kier molecular flexibility index (Phi) is 6.58. The first-order valence-electron chi connectivity index (χ1n) is 7.17. The highest BCUT2D eigenvalue weighted by atomic mass is 19.1. The molecular formula is C15H23FN2O2. The minimum Gasteiger partial charge on any atom is -0.296 e. The summed E-state index contributed by atoms with van der Waals surface area (Å²) in [6.07, 6.45) is 3.09. The van der Waals surface area contributed by atoms with Gasteiger partial charge in [0.05, 0.1) is 4.92 Å². The molecule has 1 rings (SSSR count). The summed E-state index contributed by atoms with van der Waals surface area (Å²) in [5.74, 6) is -0.706. The van der Waals surface area contributed by atoms with E-state index in [2.05, 4.69) is 25.7 Å². The molecule has 0 radical (unpaired) electrons. The predicted molar refractivity (Wildman–Crippen MR) is 78.1 cm³/mol. The van der Waals surface area contributed by atoms with E-state index in [1.165, 1.54) is 6.07 Å².